The topological polar surface area (TPSA) is 64.4 Å². The van der Waals surface area contributed by atoms with Gasteiger partial charge in [0.25, 0.3) is 0 Å². The fraction of sp³-hybridized carbons (Fsp3) is 0.263. The van der Waals surface area contributed by atoms with Crippen LogP contribution in [-0.4, -0.2) is 34.3 Å². The molecule has 8 heteroatoms. The molecule has 0 saturated carbocycles. The van der Waals surface area contributed by atoms with Crippen LogP contribution in [0.3, 0.4) is 0 Å². The molecule has 0 spiro atoms. The van der Waals surface area contributed by atoms with Gasteiger partial charge in [0, 0.05) is 30.1 Å². The molecule has 0 amide bonds. The maximum Gasteiger partial charge on any atom is 0.335 e. The zero-order valence-corrected chi connectivity index (χ0v) is 16.1. The van der Waals surface area contributed by atoms with E-state index in [1.807, 2.05) is 4.57 Å². The Hall–Kier alpha value is -2.32. The Morgan fingerprint density at radius 3 is 2.56 bits per heavy atom. The lowest BCUT2D eigenvalue weighted by atomic mass is 10.1. The summed E-state index contributed by atoms with van der Waals surface area (Å²) in [5, 5.41) is 9.21. The normalized spacial score (nSPS) is 11.3. The second-order valence-electron chi connectivity index (χ2n) is 6.03. The van der Waals surface area contributed by atoms with Crippen molar-refractivity contribution in [2.45, 2.75) is 19.4 Å². The maximum atomic E-state index is 14.1. The summed E-state index contributed by atoms with van der Waals surface area (Å²) in [6.45, 7) is 0.855. The second-order valence-corrected chi connectivity index (χ2v) is 6.94. The van der Waals surface area contributed by atoms with Gasteiger partial charge in [-0.25, -0.2) is 18.6 Å². The van der Waals surface area contributed by atoms with E-state index in [1.165, 1.54) is 18.2 Å². The average Bonchev–Trinajstić information content (AvgIpc) is 2.95. The molecule has 27 heavy (non-hydrogen) atoms. The van der Waals surface area contributed by atoms with Crippen LogP contribution in [0.15, 0.2) is 34.8 Å². The number of methoxy groups -OCH3 is 1. The van der Waals surface area contributed by atoms with E-state index in [9.17, 15) is 18.7 Å². The minimum atomic E-state index is -1.03. The van der Waals surface area contributed by atoms with Gasteiger partial charge < -0.3 is 14.4 Å². The molecule has 0 aliphatic carbocycles. The number of hydrogen-bond donors (Lipinski definition) is 1. The fourth-order valence-electron chi connectivity index (χ4n) is 2.98. The predicted octanol–water partition coefficient (Wildman–Crippen LogP) is 4.21. The molecule has 1 aromatic heterocycles. The number of ether oxygens (including phenoxy) is 1. The van der Waals surface area contributed by atoms with Crippen LogP contribution in [-0.2, 0) is 24.1 Å². The van der Waals surface area contributed by atoms with E-state index in [0.717, 1.165) is 0 Å². The number of rotatable bonds is 7. The lowest BCUT2D eigenvalue weighted by molar-refractivity contribution is 0.0697. The highest BCUT2D eigenvalue weighted by molar-refractivity contribution is 9.10. The Balaban J connectivity index is 1.96. The van der Waals surface area contributed by atoms with Crippen LogP contribution in [0.1, 0.15) is 21.7 Å². The van der Waals surface area contributed by atoms with E-state index >= 15 is 0 Å². The van der Waals surface area contributed by atoms with Gasteiger partial charge in [-0.3, -0.25) is 0 Å². The summed E-state index contributed by atoms with van der Waals surface area (Å²) in [7, 11) is 1.56. The van der Waals surface area contributed by atoms with Gasteiger partial charge in [-0.15, -0.1) is 0 Å². The standard InChI is InChI=1S/C19H17BrF2N2O3/c1-27-7-6-24-17-8-11(19(25)26)2-4-16(17)23-18(24)5-3-13-14(21)9-12(20)10-15(13)22/h2,4,8-10H,3,5-7H2,1H3,(H,25,26). The summed E-state index contributed by atoms with van der Waals surface area (Å²) in [5.41, 5.74) is 1.42. The molecule has 0 aliphatic rings. The number of hydrogen-bond acceptors (Lipinski definition) is 3. The molecule has 0 saturated heterocycles. The third kappa shape index (κ3) is 4.17. The number of carboxylic acid groups (broad SMARTS) is 1. The fourth-order valence-corrected chi connectivity index (χ4v) is 3.38. The van der Waals surface area contributed by atoms with Crippen molar-refractivity contribution >= 4 is 32.9 Å². The molecule has 142 valence electrons. The van der Waals surface area contributed by atoms with Crippen LogP contribution < -0.4 is 0 Å². The van der Waals surface area contributed by atoms with Crippen LogP contribution in [0.4, 0.5) is 8.78 Å². The third-order valence-corrected chi connectivity index (χ3v) is 4.76. The number of fused-ring (bicyclic) bond motifs is 1. The number of aryl methyl sites for hydroxylation is 1. The van der Waals surface area contributed by atoms with E-state index in [2.05, 4.69) is 20.9 Å². The largest absolute Gasteiger partial charge is 0.478 e. The van der Waals surface area contributed by atoms with Gasteiger partial charge in [-0.05, 0) is 36.8 Å². The number of aromatic carboxylic acids is 1. The van der Waals surface area contributed by atoms with Crippen molar-refractivity contribution in [1.29, 1.82) is 0 Å². The zero-order chi connectivity index (χ0) is 19.6. The van der Waals surface area contributed by atoms with Crippen molar-refractivity contribution in [2.75, 3.05) is 13.7 Å². The molecular formula is C19H17BrF2N2O3. The van der Waals surface area contributed by atoms with E-state index in [0.29, 0.717) is 40.9 Å². The summed E-state index contributed by atoms with van der Waals surface area (Å²) in [6, 6.07) is 7.12. The highest BCUT2D eigenvalue weighted by Gasteiger charge is 2.16. The molecule has 1 heterocycles. The first-order valence-electron chi connectivity index (χ1n) is 8.25. The van der Waals surface area contributed by atoms with E-state index in [4.69, 9.17) is 4.74 Å². The highest BCUT2D eigenvalue weighted by atomic mass is 79.9. The zero-order valence-electron chi connectivity index (χ0n) is 14.5. The van der Waals surface area contributed by atoms with Crippen molar-refractivity contribution in [1.82, 2.24) is 9.55 Å². The highest BCUT2D eigenvalue weighted by Crippen LogP contribution is 2.23. The van der Waals surface area contributed by atoms with E-state index in [1.54, 1.807) is 19.2 Å². The van der Waals surface area contributed by atoms with Crippen LogP contribution in [0.2, 0.25) is 0 Å². The molecule has 0 fully saturated rings. The van der Waals surface area contributed by atoms with E-state index < -0.39 is 17.6 Å². The number of imidazole rings is 1. The SMILES string of the molecule is COCCn1c(CCc2c(F)cc(Br)cc2F)nc2ccc(C(=O)O)cc21. The molecule has 0 unspecified atom stereocenters. The predicted molar refractivity (Wildman–Crippen MR) is 100 cm³/mol. The minimum Gasteiger partial charge on any atom is -0.478 e. The van der Waals surface area contributed by atoms with Crippen LogP contribution >= 0.6 is 15.9 Å². The molecule has 0 radical (unpaired) electrons. The van der Waals surface area contributed by atoms with Gasteiger partial charge in [-0.2, -0.15) is 0 Å². The summed E-state index contributed by atoms with van der Waals surface area (Å²) < 4.78 is 35.5. The van der Waals surface area contributed by atoms with Gasteiger partial charge in [0.2, 0.25) is 0 Å². The molecule has 2 aromatic carbocycles. The first kappa shape index (κ1) is 19.4. The smallest absolute Gasteiger partial charge is 0.335 e. The maximum absolute atomic E-state index is 14.1. The third-order valence-electron chi connectivity index (χ3n) is 4.30. The van der Waals surface area contributed by atoms with Gasteiger partial charge >= 0.3 is 5.97 Å². The molecule has 5 nitrogen and oxygen atoms in total. The number of nitrogens with zero attached hydrogens (tertiary/aromatic N) is 2. The molecule has 1 N–H and O–H groups in total. The number of carboxylic acids is 1. The Labute approximate surface area is 162 Å². The molecule has 0 atom stereocenters. The molecular weight excluding hydrogens is 422 g/mol. The van der Waals surface area contributed by atoms with Crippen molar-refractivity contribution in [3.05, 3.63) is 63.4 Å². The number of carbonyl (C=O) groups is 1. The monoisotopic (exact) mass is 438 g/mol. The first-order chi connectivity index (χ1) is 12.9. The van der Waals surface area contributed by atoms with Gasteiger partial charge in [0.15, 0.2) is 0 Å². The summed E-state index contributed by atoms with van der Waals surface area (Å²) >= 11 is 3.07. The molecule has 0 bridgehead atoms. The second kappa shape index (κ2) is 8.14. The lowest BCUT2D eigenvalue weighted by Crippen LogP contribution is -2.10. The summed E-state index contributed by atoms with van der Waals surface area (Å²) in [4.78, 5) is 15.8. The Morgan fingerprint density at radius 1 is 1.22 bits per heavy atom. The van der Waals surface area contributed by atoms with Crippen LogP contribution in [0, 0.1) is 11.6 Å². The first-order valence-corrected chi connectivity index (χ1v) is 9.05. The van der Waals surface area contributed by atoms with Crippen LogP contribution in [0.25, 0.3) is 11.0 Å². The molecule has 0 aliphatic heterocycles. The van der Waals surface area contributed by atoms with Crippen molar-refractivity contribution in [3.63, 3.8) is 0 Å². The molecule has 3 aromatic rings. The Bertz CT molecular complexity index is 981. The molecule has 3 rings (SSSR count). The quantitative estimate of drug-likeness (QED) is 0.599. The van der Waals surface area contributed by atoms with Gasteiger partial charge in [-0.1, -0.05) is 15.9 Å². The van der Waals surface area contributed by atoms with Crippen molar-refractivity contribution in [2.24, 2.45) is 0 Å². The Morgan fingerprint density at radius 2 is 1.93 bits per heavy atom. The summed E-state index contributed by atoms with van der Waals surface area (Å²) in [6.07, 6.45) is 0.434. The van der Waals surface area contributed by atoms with E-state index in [-0.39, 0.29) is 17.5 Å². The van der Waals surface area contributed by atoms with Gasteiger partial charge in [0.1, 0.15) is 17.5 Å². The van der Waals surface area contributed by atoms with Crippen molar-refractivity contribution in [3.8, 4) is 0 Å². The van der Waals surface area contributed by atoms with Crippen LogP contribution in [0.5, 0.6) is 0 Å². The number of benzene rings is 2. The Kier molecular flexibility index (Phi) is 5.86. The summed E-state index contributed by atoms with van der Waals surface area (Å²) in [5.74, 6) is -1.65. The average molecular weight is 439 g/mol. The van der Waals surface area contributed by atoms with Gasteiger partial charge in [0.05, 0.1) is 23.2 Å². The number of aromatic nitrogens is 2. The van der Waals surface area contributed by atoms with Crippen molar-refractivity contribution < 1.29 is 23.4 Å². The number of halogens is 3. The minimum absolute atomic E-state index is 0.00484. The lowest BCUT2D eigenvalue weighted by Gasteiger charge is -2.10.